The Morgan fingerprint density at radius 2 is 1.11 bits per heavy atom. The number of nitrogens with zero attached hydrogens (tertiary/aromatic N) is 2. The predicted octanol–water partition coefficient (Wildman–Crippen LogP) is 13.3. The molecule has 0 bridgehead atoms. The van der Waals surface area contributed by atoms with Crippen molar-refractivity contribution in [3.8, 4) is 16.9 Å². The van der Waals surface area contributed by atoms with Crippen LogP contribution in [0.15, 0.2) is 126 Å². The lowest BCUT2D eigenvalue weighted by Gasteiger charge is -2.44. The van der Waals surface area contributed by atoms with Crippen molar-refractivity contribution in [3.05, 3.63) is 166 Å². The molecular weight excluding hydrogens is 779 g/mol. The summed E-state index contributed by atoms with van der Waals surface area (Å²) in [4.78, 5) is 5.11. The molecule has 3 aliphatic heterocycles. The van der Waals surface area contributed by atoms with Crippen molar-refractivity contribution in [1.29, 1.82) is 0 Å². The normalized spacial score (nSPS) is 17.8. The molecule has 0 amide bonds. The maximum atomic E-state index is 7.70. The summed E-state index contributed by atoms with van der Waals surface area (Å²) in [6.07, 6.45) is 2.16. The average Bonchev–Trinajstić information content (AvgIpc) is 3.93. The van der Waals surface area contributed by atoms with Crippen LogP contribution in [0.2, 0.25) is 0 Å². The maximum Gasteiger partial charge on any atom is 0.297 e. The van der Waals surface area contributed by atoms with Gasteiger partial charge >= 0.3 is 0 Å². The first-order valence-corrected chi connectivity index (χ1v) is 23.5. The van der Waals surface area contributed by atoms with E-state index in [1.165, 1.54) is 78.1 Å². The van der Waals surface area contributed by atoms with Crippen LogP contribution in [0.1, 0.15) is 127 Å². The molecule has 5 heteroatoms. The summed E-state index contributed by atoms with van der Waals surface area (Å²) in [5.74, 6) is 2.09. The highest BCUT2D eigenvalue weighted by Gasteiger charge is 2.55. The van der Waals surface area contributed by atoms with Crippen molar-refractivity contribution in [2.75, 3.05) is 16.4 Å². The second-order valence-electron chi connectivity index (χ2n) is 22.9. The van der Waals surface area contributed by atoms with E-state index in [2.05, 4.69) is 207 Å². The Morgan fingerprint density at radius 1 is 0.578 bits per heavy atom. The van der Waals surface area contributed by atoms with Crippen LogP contribution < -0.4 is 31.1 Å². The molecule has 12 rings (SSSR count). The molecule has 0 unspecified atom stereocenters. The van der Waals surface area contributed by atoms with Gasteiger partial charge < -0.3 is 19.0 Å². The number of rotatable bonds is 2. The summed E-state index contributed by atoms with van der Waals surface area (Å²) in [6.45, 7) is 26.1. The van der Waals surface area contributed by atoms with Gasteiger partial charge in [-0.2, -0.15) is 0 Å². The lowest BCUT2D eigenvalue weighted by atomic mass is 9.35. The molecule has 2 aliphatic carbocycles. The van der Waals surface area contributed by atoms with Crippen LogP contribution in [0.25, 0.3) is 11.1 Å². The van der Waals surface area contributed by atoms with E-state index >= 15 is 0 Å². The maximum absolute atomic E-state index is 7.70. The van der Waals surface area contributed by atoms with Gasteiger partial charge in [-0.15, -0.1) is 0 Å². The molecule has 0 saturated carbocycles. The summed E-state index contributed by atoms with van der Waals surface area (Å²) >= 11 is 0. The quantitative estimate of drug-likeness (QED) is 0.162. The molecule has 7 aromatic rings. The fraction of sp³-hybridized carbons (Fsp3) is 0.322. The van der Waals surface area contributed by atoms with Gasteiger partial charge in [0.2, 0.25) is 0 Å². The average molecular weight is 839 g/mol. The second-order valence-corrected chi connectivity index (χ2v) is 22.9. The minimum atomic E-state index is -0.433. The van der Waals surface area contributed by atoms with E-state index in [-0.39, 0.29) is 28.4 Å². The van der Waals surface area contributed by atoms with E-state index in [1.807, 2.05) is 0 Å². The first-order chi connectivity index (χ1) is 30.4. The van der Waals surface area contributed by atoms with Gasteiger partial charge in [0.1, 0.15) is 18.1 Å². The molecule has 0 saturated heterocycles. The Morgan fingerprint density at radius 3 is 1.69 bits per heavy atom. The lowest BCUT2D eigenvalue weighted by molar-refractivity contribution is 0.282. The van der Waals surface area contributed by atoms with Crippen LogP contribution >= 0.6 is 0 Å². The fourth-order valence-electron chi connectivity index (χ4n) is 12.2. The van der Waals surface area contributed by atoms with Crippen molar-refractivity contribution in [2.45, 2.75) is 116 Å². The van der Waals surface area contributed by atoms with E-state index in [9.17, 15) is 0 Å². The number of fused-ring (bicyclic) bond motifs is 13. The number of hydrogen-bond donors (Lipinski definition) is 0. The summed E-state index contributed by atoms with van der Waals surface area (Å²) in [7, 11) is 0. The van der Waals surface area contributed by atoms with Gasteiger partial charge in [0, 0.05) is 51.0 Å². The highest BCUT2D eigenvalue weighted by atomic mass is 16.5. The van der Waals surface area contributed by atoms with Gasteiger partial charge in [-0.05, 0) is 122 Å². The SMILES string of the molecule is Cc1cc2c3c(c1)N(c1ccc(C(C)(C)C)cc1)c1c(oc4c1C(C)(C)CCC4(C)C)B3c1cc3c(cc1N2c1ccc(C(C)(C)C)cc1)OCC31c2ccccc2-c2ccccc21. The van der Waals surface area contributed by atoms with E-state index < -0.39 is 5.41 Å². The molecule has 1 spiro atoms. The van der Waals surface area contributed by atoms with Gasteiger partial charge in [-0.1, -0.05) is 148 Å². The molecule has 0 radical (unpaired) electrons. The van der Waals surface area contributed by atoms with Crippen LogP contribution in [0.3, 0.4) is 0 Å². The summed E-state index contributed by atoms with van der Waals surface area (Å²) in [5.41, 5.74) is 21.8. The molecule has 0 fully saturated rings. The van der Waals surface area contributed by atoms with Crippen LogP contribution in [-0.4, -0.2) is 13.3 Å². The molecule has 6 aromatic carbocycles. The van der Waals surface area contributed by atoms with E-state index in [4.69, 9.17) is 9.15 Å². The molecule has 4 nitrogen and oxygen atoms in total. The highest BCUT2D eigenvalue weighted by molar-refractivity contribution is 6.99. The molecule has 0 atom stereocenters. The fourth-order valence-corrected chi connectivity index (χ4v) is 12.2. The molecular formula is C59H59BN2O2. The van der Waals surface area contributed by atoms with Crippen molar-refractivity contribution >= 4 is 57.4 Å². The molecule has 64 heavy (non-hydrogen) atoms. The lowest BCUT2D eigenvalue weighted by Crippen LogP contribution is -2.61. The number of furan rings is 1. The standard InChI is InChI=1S/C59H59BN2O2/c1-35-30-47-51-48(31-35)62(39-26-22-37(23-27-39)56(5,6)7)52-50-53(58(10,11)29-28-57(50,8)9)64-54(52)60(51)45-32-44-49(33-46(45)61(47)38-24-20-36(21-25-38)55(2,3)4)63-34-59(44)42-18-14-12-16-40(42)41-17-13-15-19-43(41)59/h12-27,30-33H,28-29,34H2,1-11H3. The summed E-state index contributed by atoms with van der Waals surface area (Å²) in [6, 6.07) is 46.4. The number of benzene rings is 6. The van der Waals surface area contributed by atoms with Crippen LogP contribution in [0.5, 0.6) is 5.75 Å². The third-order valence-electron chi connectivity index (χ3n) is 15.7. The van der Waals surface area contributed by atoms with Crippen molar-refractivity contribution in [2.24, 2.45) is 0 Å². The van der Waals surface area contributed by atoms with Gasteiger partial charge in [0.15, 0.2) is 0 Å². The Labute approximate surface area is 380 Å². The first-order valence-electron chi connectivity index (χ1n) is 23.5. The van der Waals surface area contributed by atoms with E-state index in [0.717, 1.165) is 47.1 Å². The van der Waals surface area contributed by atoms with Gasteiger partial charge in [0.05, 0.1) is 16.8 Å². The van der Waals surface area contributed by atoms with E-state index in [1.54, 1.807) is 0 Å². The Kier molecular flexibility index (Phi) is 7.97. The Balaban J connectivity index is 1.19. The predicted molar refractivity (Wildman–Crippen MR) is 267 cm³/mol. The van der Waals surface area contributed by atoms with Gasteiger partial charge in [0.25, 0.3) is 6.71 Å². The zero-order chi connectivity index (χ0) is 44.5. The minimum absolute atomic E-state index is 0.0299. The second kappa shape index (κ2) is 12.9. The Bertz CT molecular complexity index is 3050. The van der Waals surface area contributed by atoms with Crippen LogP contribution in [-0.2, 0) is 27.1 Å². The van der Waals surface area contributed by atoms with Crippen molar-refractivity contribution < 1.29 is 9.15 Å². The molecule has 320 valence electrons. The first kappa shape index (κ1) is 39.6. The van der Waals surface area contributed by atoms with Gasteiger partial charge in [-0.3, -0.25) is 0 Å². The summed E-state index contributed by atoms with van der Waals surface area (Å²) in [5, 5.41) is 0. The summed E-state index contributed by atoms with van der Waals surface area (Å²) < 4.78 is 14.7. The number of hydrogen-bond acceptors (Lipinski definition) is 4. The molecule has 4 heterocycles. The Hall–Kier alpha value is -5.94. The molecule has 5 aliphatic rings. The topological polar surface area (TPSA) is 28.9 Å². The number of aryl methyl sites for hydroxylation is 1. The van der Waals surface area contributed by atoms with Crippen molar-refractivity contribution in [1.82, 2.24) is 0 Å². The number of ether oxygens (including phenoxy) is 1. The monoisotopic (exact) mass is 838 g/mol. The molecule has 0 N–H and O–H groups in total. The molecule has 1 aromatic heterocycles. The minimum Gasteiger partial charge on any atom is -0.492 e. The van der Waals surface area contributed by atoms with Gasteiger partial charge in [-0.25, -0.2) is 0 Å². The highest BCUT2D eigenvalue weighted by Crippen LogP contribution is 2.59. The van der Waals surface area contributed by atoms with Crippen molar-refractivity contribution in [3.63, 3.8) is 0 Å². The zero-order valence-electron chi connectivity index (χ0n) is 39.5. The van der Waals surface area contributed by atoms with Crippen LogP contribution in [0, 0.1) is 6.92 Å². The van der Waals surface area contributed by atoms with E-state index in [0.29, 0.717) is 6.61 Å². The van der Waals surface area contributed by atoms with Crippen LogP contribution in [0.4, 0.5) is 34.1 Å². The third kappa shape index (κ3) is 5.30. The largest absolute Gasteiger partial charge is 0.492 e. The smallest absolute Gasteiger partial charge is 0.297 e. The number of anilines is 6. The zero-order valence-corrected chi connectivity index (χ0v) is 39.5. The third-order valence-corrected chi connectivity index (χ3v) is 15.7.